The van der Waals surface area contributed by atoms with Crippen LogP contribution in [0.1, 0.15) is 19.3 Å². The first kappa shape index (κ1) is 12.8. The summed E-state index contributed by atoms with van der Waals surface area (Å²) in [4.78, 5) is 10.8. The molecule has 0 radical (unpaired) electrons. The first-order valence-corrected chi connectivity index (χ1v) is 5.98. The van der Waals surface area contributed by atoms with Gasteiger partial charge >= 0.3 is 5.97 Å². The van der Waals surface area contributed by atoms with Crippen molar-refractivity contribution in [2.45, 2.75) is 24.2 Å². The van der Waals surface area contributed by atoms with Crippen molar-refractivity contribution in [3.05, 3.63) is 24.0 Å². The van der Waals surface area contributed by atoms with Crippen LogP contribution in [-0.2, 0) is 4.79 Å². The number of nitrogens with two attached hydrogens (primary N) is 1. The average molecular weight is 243 g/mol. The maximum absolute atomic E-state index is 13.3. The van der Waals surface area contributed by atoms with E-state index < -0.39 is 5.97 Å². The summed E-state index contributed by atoms with van der Waals surface area (Å²) in [5.74, 6) is -0.388. The van der Waals surface area contributed by atoms with Crippen molar-refractivity contribution in [1.29, 1.82) is 0 Å². The summed E-state index contributed by atoms with van der Waals surface area (Å²) in [7, 11) is 0. The maximum atomic E-state index is 13.3. The summed E-state index contributed by atoms with van der Waals surface area (Å²) in [6, 6.07) is 4.59. The molecule has 0 bridgehead atoms. The van der Waals surface area contributed by atoms with Gasteiger partial charge in [0.05, 0.1) is 0 Å². The molecule has 0 fully saturated rings. The fraction of sp³-hybridized carbons (Fsp3) is 0.364. The standard InChI is InChI=1S/C11H14FNO2S/c12-9-7-8(13)4-5-10(9)16-6-2-1-3-11(14)15/h4-5,7H,1-3,6,13H2,(H,14,15). The van der Waals surface area contributed by atoms with Crippen molar-refractivity contribution in [1.82, 2.24) is 0 Å². The molecule has 0 heterocycles. The van der Waals surface area contributed by atoms with Crippen molar-refractivity contribution < 1.29 is 14.3 Å². The van der Waals surface area contributed by atoms with Crippen molar-refractivity contribution >= 4 is 23.4 Å². The summed E-state index contributed by atoms with van der Waals surface area (Å²) in [5, 5.41) is 8.42. The minimum Gasteiger partial charge on any atom is -0.481 e. The van der Waals surface area contributed by atoms with Gasteiger partial charge in [0.25, 0.3) is 0 Å². The van der Waals surface area contributed by atoms with Crippen LogP contribution in [0.25, 0.3) is 0 Å². The molecule has 1 aromatic carbocycles. The van der Waals surface area contributed by atoms with Crippen LogP contribution < -0.4 is 5.73 Å². The second-order valence-electron chi connectivity index (χ2n) is 3.39. The van der Waals surface area contributed by atoms with Crippen molar-refractivity contribution in [3.8, 4) is 0 Å². The molecular weight excluding hydrogens is 229 g/mol. The van der Waals surface area contributed by atoms with Crippen LogP contribution >= 0.6 is 11.8 Å². The van der Waals surface area contributed by atoms with E-state index in [1.165, 1.54) is 17.8 Å². The van der Waals surface area contributed by atoms with Gasteiger partial charge in [0.15, 0.2) is 0 Å². The molecule has 0 aromatic heterocycles. The molecule has 0 aliphatic rings. The lowest BCUT2D eigenvalue weighted by atomic mass is 10.2. The molecule has 0 aliphatic carbocycles. The molecule has 0 atom stereocenters. The number of anilines is 1. The highest BCUT2D eigenvalue weighted by atomic mass is 32.2. The lowest BCUT2D eigenvalue weighted by molar-refractivity contribution is -0.137. The van der Waals surface area contributed by atoms with Crippen LogP contribution in [0.3, 0.4) is 0 Å². The molecule has 3 nitrogen and oxygen atoms in total. The van der Waals surface area contributed by atoms with Crippen molar-refractivity contribution in [2.24, 2.45) is 0 Å². The summed E-state index contributed by atoms with van der Waals surface area (Å²) in [5.41, 5.74) is 5.83. The van der Waals surface area contributed by atoms with E-state index in [1.807, 2.05) is 0 Å². The molecule has 88 valence electrons. The Balaban J connectivity index is 2.29. The van der Waals surface area contributed by atoms with Gasteiger partial charge in [-0.3, -0.25) is 4.79 Å². The highest BCUT2D eigenvalue weighted by molar-refractivity contribution is 7.99. The zero-order valence-corrected chi connectivity index (χ0v) is 9.60. The summed E-state index contributed by atoms with van der Waals surface area (Å²) in [6.45, 7) is 0. The molecule has 1 rings (SSSR count). The number of carboxylic acids is 1. The van der Waals surface area contributed by atoms with Crippen molar-refractivity contribution in [3.63, 3.8) is 0 Å². The second kappa shape index (κ2) is 6.37. The highest BCUT2D eigenvalue weighted by Gasteiger charge is 2.03. The monoisotopic (exact) mass is 243 g/mol. The molecule has 0 spiro atoms. The maximum Gasteiger partial charge on any atom is 0.303 e. The quantitative estimate of drug-likeness (QED) is 0.458. The van der Waals surface area contributed by atoms with Crippen LogP contribution in [0.5, 0.6) is 0 Å². The highest BCUT2D eigenvalue weighted by Crippen LogP contribution is 2.24. The molecule has 0 aliphatic heterocycles. The van der Waals surface area contributed by atoms with E-state index in [1.54, 1.807) is 12.1 Å². The Morgan fingerprint density at radius 1 is 1.44 bits per heavy atom. The van der Waals surface area contributed by atoms with Gasteiger partial charge in [0.1, 0.15) is 5.82 Å². The third kappa shape index (κ3) is 4.53. The molecule has 0 amide bonds. The largest absolute Gasteiger partial charge is 0.481 e. The number of carboxylic acid groups (broad SMARTS) is 1. The van der Waals surface area contributed by atoms with Crippen LogP contribution in [0.4, 0.5) is 10.1 Å². The van der Waals surface area contributed by atoms with Gasteiger partial charge in [-0.2, -0.15) is 0 Å². The lowest BCUT2D eigenvalue weighted by Crippen LogP contribution is -1.94. The Hall–Kier alpha value is -1.23. The average Bonchev–Trinajstić information content (AvgIpc) is 2.20. The predicted octanol–water partition coefficient (Wildman–Crippen LogP) is 2.75. The van der Waals surface area contributed by atoms with Crippen LogP contribution in [-0.4, -0.2) is 16.8 Å². The Bertz CT molecular complexity index is 371. The third-order valence-electron chi connectivity index (χ3n) is 2.00. The third-order valence-corrected chi connectivity index (χ3v) is 3.13. The molecule has 5 heteroatoms. The Labute approximate surface area is 97.8 Å². The molecule has 0 saturated carbocycles. The number of benzene rings is 1. The summed E-state index contributed by atoms with van der Waals surface area (Å²) >= 11 is 1.38. The Morgan fingerprint density at radius 2 is 2.19 bits per heavy atom. The number of unbranched alkanes of at least 4 members (excludes halogenated alkanes) is 1. The minimum atomic E-state index is -0.788. The van der Waals surface area contributed by atoms with E-state index >= 15 is 0 Å². The molecule has 0 saturated heterocycles. The lowest BCUT2D eigenvalue weighted by Gasteiger charge is -2.03. The number of aliphatic carboxylic acids is 1. The molecular formula is C11H14FNO2S. The number of carbonyl (C=O) groups is 1. The number of halogens is 1. The SMILES string of the molecule is Nc1ccc(SCCCCC(=O)O)c(F)c1. The fourth-order valence-corrected chi connectivity index (χ4v) is 2.12. The van der Waals surface area contributed by atoms with Crippen LogP contribution in [0, 0.1) is 5.82 Å². The predicted molar refractivity (Wildman–Crippen MR) is 63.0 cm³/mol. The van der Waals surface area contributed by atoms with E-state index in [0.29, 0.717) is 22.8 Å². The zero-order chi connectivity index (χ0) is 12.0. The number of rotatable bonds is 6. The summed E-state index contributed by atoms with van der Waals surface area (Å²) < 4.78 is 13.3. The zero-order valence-electron chi connectivity index (χ0n) is 8.78. The van der Waals surface area contributed by atoms with E-state index in [9.17, 15) is 9.18 Å². The molecule has 16 heavy (non-hydrogen) atoms. The number of nitrogen functional groups attached to an aromatic ring is 1. The Kier molecular flexibility index (Phi) is 5.11. The second-order valence-corrected chi connectivity index (χ2v) is 4.53. The van der Waals surface area contributed by atoms with Gasteiger partial charge in [-0.1, -0.05) is 0 Å². The van der Waals surface area contributed by atoms with Gasteiger partial charge < -0.3 is 10.8 Å². The molecule has 3 N–H and O–H groups in total. The van der Waals surface area contributed by atoms with Gasteiger partial charge in [0, 0.05) is 17.0 Å². The van der Waals surface area contributed by atoms with Gasteiger partial charge in [-0.25, -0.2) is 4.39 Å². The fourth-order valence-electron chi connectivity index (χ4n) is 1.19. The van der Waals surface area contributed by atoms with Gasteiger partial charge in [0.2, 0.25) is 0 Å². The topological polar surface area (TPSA) is 63.3 Å². The number of hydrogen-bond donors (Lipinski definition) is 2. The van der Waals surface area contributed by atoms with E-state index in [4.69, 9.17) is 10.8 Å². The first-order valence-electron chi connectivity index (χ1n) is 4.99. The molecule has 0 unspecified atom stereocenters. The van der Waals surface area contributed by atoms with E-state index in [-0.39, 0.29) is 12.2 Å². The van der Waals surface area contributed by atoms with Crippen molar-refractivity contribution in [2.75, 3.05) is 11.5 Å². The van der Waals surface area contributed by atoms with Crippen LogP contribution in [0.15, 0.2) is 23.1 Å². The molecule has 1 aromatic rings. The number of hydrogen-bond acceptors (Lipinski definition) is 3. The Morgan fingerprint density at radius 3 is 2.81 bits per heavy atom. The normalized spacial score (nSPS) is 10.3. The number of thioether (sulfide) groups is 1. The van der Waals surface area contributed by atoms with Gasteiger partial charge in [-0.15, -0.1) is 11.8 Å². The van der Waals surface area contributed by atoms with E-state index in [0.717, 1.165) is 6.42 Å². The first-order chi connectivity index (χ1) is 7.59. The minimum absolute atomic E-state index is 0.171. The van der Waals surface area contributed by atoms with Gasteiger partial charge in [-0.05, 0) is 36.8 Å². The summed E-state index contributed by atoms with van der Waals surface area (Å²) in [6.07, 6.45) is 1.56. The van der Waals surface area contributed by atoms with Crippen LogP contribution in [0.2, 0.25) is 0 Å². The van der Waals surface area contributed by atoms with E-state index in [2.05, 4.69) is 0 Å². The smallest absolute Gasteiger partial charge is 0.303 e.